The third-order valence-corrected chi connectivity index (χ3v) is 5.55. The zero-order valence-corrected chi connectivity index (χ0v) is 16.5. The summed E-state index contributed by atoms with van der Waals surface area (Å²) >= 11 is 1.75. The molecule has 2 heterocycles. The fourth-order valence-electron chi connectivity index (χ4n) is 3.30. The molecule has 142 valence electrons. The van der Waals surface area contributed by atoms with Crippen molar-refractivity contribution in [2.75, 3.05) is 26.3 Å². The number of ether oxygens (including phenoxy) is 2. The van der Waals surface area contributed by atoms with Crippen LogP contribution in [0, 0.1) is 13.8 Å². The van der Waals surface area contributed by atoms with Crippen LogP contribution in [0.25, 0.3) is 0 Å². The van der Waals surface area contributed by atoms with E-state index >= 15 is 0 Å². The lowest BCUT2D eigenvalue weighted by molar-refractivity contribution is 0.0316. The van der Waals surface area contributed by atoms with Crippen molar-refractivity contribution in [3.05, 3.63) is 51.7 Å². The second-order valence-electron chi connectivity index (χ2n) is 7.14. The Morgan fingerprint density at radius 1 is 1.35 bits per heavy atom. The lowest BCUT2D eigenvalue weighted by Gasteiger charge is -2.27. The summed E-state index contributed by atoms with van der Waals surface area (Å²) in [4.78, 5) is 3.60. The molecule has 1 fully saturated rings. The first-order valence-corrected chi connectivity index (χ1v) is 10.2. The van der Waals surface area contributed by atoms with Crippen LogP contribution in [0.2, 0.25) is 0 Å². The summed E-state index contributed by atoms with van der Waals surface area (Å²) in [5.41, 5.74) is 2.26. The topological polar surface area (TPSA) is 41.9 Å². The van der Waals surface area contributed by atoms with Gasteiger partial charge in [-0.25, -0.2) is 0 Å². The average molecular weight is 376 g/mol. The normalized spacial score (nSPS) is 18.4. The van der Waals surface area contributed by atoms with Gasteiger partial charge in [0.05, 0.1) is 6.10 Å². The molecule has 0 bridgehead atoms. The van der Waals surface area contributed by atoms with E-state index in [0.29, 0.717) is 13.2 Å². The van der Waals surface area contributed by atoms with Gasteiger partial charge in [-0.3, -0.25) is 4.90 Å². The van der Waals surface area contributed by atoms with Crippen molar-refractivity contribution in [2.45, 2.75) is 45.4 Å². The molecule has 0 saturated carbocycles. The minimum atomic E-state index is -0.531. The van der Waals surface area contributed by atoms with Crippen LogP contribution in [-0.2, 0) is 11.3 Å². The summed E-state index contributed by atoms with van der Waals surface area (Å²) < 4.78 is 11.7. The van der Waals surface area contributed by atoms with Crippen LogP contribution >= 0.6 is 11.3 Å². The molecule has 1 aliphatic rings. The predicted octanol–water partition coefficient (Wildman–Crippen LogP) is 3.79. The molecule has 2 aromatic rings. The Hall–Kier alpha value is -1.40. The molecule has 0 spiro atoms. The standard InChI is InChI=1S/C21H29NO3S/c1-16-7-8-17(2)21(11-16)25-15-18(23)12-22(13-19-5-3-9-24-19)14-20-6-4-10-26-20/h4,6-8,10-11,18-19,23H,3,5,9,12-15H2,1-2H3. The van der Waals surface area contributed by atoms with Crippen molar-refractivity contribution >= 4 is 11.3 Å². The van der Waals surface area contributed by atoms with Gasteiger partial charge >= 0.3 is 0 Å². The fourth-order valence-corrected chi connectivity index (χ4v) is 4.05. The average Bonchev–Trinajstić information content (AvgIpc) is 3.30. The molecule has 2 unspecified atom stereocenters. The lowest BCUT2D eigenvalue weighted by atomic mass is 10.1. The van der Waals surface area contributed by atoms with Crippen molar-refractivity contribution in [1.29, 1.82) is 0 Å². The molecule has 5 heteroatoms. The summed E-state index contributed by atoms with van der Waals surface area (Å²) in [6, 6.07) is 10.4. The number of thiophene rings is 1. The molecule has 0 aliphatic carbocycles. The van der Waals surface area contributed by atoms with E-state index in [1.807, 2.05) is 19.9 Å². The number of benzene rings is 1. The van der Waals surface area contributed by atoms with Crippen molar-refractivity contribution in [1.82, 2.24) is 4.90 Å². The van der Waals surface area contributed by atoms with Crippen molar-refractivity contribution < 1.29 is 14.6 Å². The highest BCUT2D eigenvalue weighted by Crippen LogP contribution is 2.20. The molecular weight excluding hydrogens is 346 g/mol. The van der Waals surface area contributed by atoms with Crippen LogP contribution in [0.15, 0.2) is 35.7 Å². The molecule has 1 aromatic carbocycles. The molecule has 1 N–H and O–H groups in total. The van der Waals surface area contributed by atoms with E-state index in [0.717, 1.165) is 49.4 Å². The van der Waals surface area contributed by atoms with Crippen LogP contribution in [0.3, 0.4) is 0 Å². The summed E-state index contributed by atoms with van der Waals surface area (Å²) in [6.07, 6.45) is 1.99. The van der Waals surface area contributed by atoms with E-state index in [-0.39, 0.29) is 6.10 Å². The van der Waals surface area contributed by atoms with Gasteiger partial charge in [0.2, 0.25) is 0 Å². The summed E-state index contributed by atoms with van der Waals surface area (Å²) in [7, 11) is 0. The van der Waals surface area contributed by atoms with E-state index in [1.54, 1.807) is 11.3 Å². The number of rotatable bonds is 9. The summed E-state index contributed by atoms with van der Waals surface area (Å²) in [6.45, 7) is 7.53. The molecule has 1 aliphatic heterocycles. The number of aliphatic hydroxyl groups is 1. The van der Waals surface area contributed by atoms with Crippen molar-refractivity contribution in [2.24, 2.45) is 0 Å². The first-order valence-electron chi connectivity index (χ1n) is 9.34. The third kappa shape index (κ3) is 5.81. The highest BCUT2D eigenvalue weighted by molar-refractivity contribution is 7.09. The van der Waals surface area contributed by atoms with Crippen LogP contribution in [0.1, 0.15) is 28.8 Å². The summed E-state index contributed by atoms with van der Waals surface area (Å²) in [5, 5.41) is 12.6. The van der Waals surface area contributed by atoms with Gasteiger partial charge in [0.25, 0.3) is 0 Å². The largest absolute Gasteiger partial charge is 0.491 e. The zero-order chi connectivity index (χ0) is 18.4. The maximum absolute atomic E-state index is 10.5. The van der Waals surface area contributed by atoms with Crippen molar-refractivity contribution in [3.63, 3.8) is 0 Å². The molecular formula is C21H29NO3S. The first-order chi connectivity index (χ1) is 12.6. The predicted molar refractivity (Wildman–Crippen MR) is 106 cm³/mol. The number of nitrogens with zero attached hydrogens (tertiary/aromatic N) is 1. The molecule has 26 heavy (non-hydrogen) atoms. The highest BCUT2D eigenvalue weighted by Gasteiger charge is 2.21. The lowest BCUT2D eigenvalue weighted by Crippen LogP contribution is -2.39. The van der Waals surface area contributed by atoms with Gasteiger partial charge in [0.1, 0.15) is 18.5 Å². The smallest absolute Gasteiger partial charge is 0.122 e. The first kappa shape index (κ1) is 19.4. The summed E-state index contributed by atoms with van der Waals surface area (Å²) in [5.74, 6) is 0.855. The minimum Gasteiger partial charge on any atom is -0.491 e. The van der Waals surface area contributed by atoms with Gasteiger partial charge in [-0.15, -0.1) is 11.3 Å². The maximum Gasteiger partial charge on any atom is 0.122 e. The number of hydrogen-bond acceptors (Lipinski definition) is 5. The molecule has 2 atom stereocenters. The monoisotopic (exact) mass is 375 g/mol. The van der Waals surface area contributed by atoms with E-state index < -0.39 is 6.10 Å². The van der Waals surface area contributed by atoms with Gasteiger partial charge in [-0.2, -0.15) is 0 Å². The Balaban J connectivity index is 1.54. The van der Waals surface area contributed by atoms with Gasteiger partial charge in [0.15, 0.2) is 0 Å². The molecule has 0 amide bonds. The third-order valence-electron chi connectivity index (χ3n) is 4.69. The molecule has 4 nitrogen and oxygen atoms in total. The fraction of sp³-hybridized carbons (Fsp3) is 0.524. The van der Waals surface area contributed by atoms with Crippen LogP contribution in [-0.4, -0.2) is 48.5 Å². The van der Waals surface area contributed by atoms with Crippen LogP contribution < -0.4 is 4.74 Å². The Morgan fingerprint density at radius 2 is 2.23 bits per heavy atom. The number of hydrogen-bond donors (Lipinski definition) is 1. The SMILES string of the molecule is Cc1ccc(C)c(OCC(O)CN(Cc2cccs2)CC2CCCO2)c1. The highest BCUT2D eigenvalue weighted by atomic mass is 32.1. The van der Waals surface area contributed by atoms with Crippen LogP contribution in [0.4, 0.5) is 0 Å². The van der Waals surface area contributed by atoms with E-state index in [1.165, 1.54) is 4.88 Å². The zero-order valence-electron chi connectivity index (χ0n) is 15.7. The molecule has 3 rings (SSSR count). The van der Waals surface area contributed by atoms with E-state index in [2.05, 4.69) is 34.5 Å². The Morgan fingerprint density at radius 3 is 2.96 bits per heavy atom. The van der Waals surface area contributed by atoms with Crippen molar-refractivity contribution in [3.8, 4) is 5.75 Å². The Kier molecular flexibility index (Phi) is 7.08. The van der Waals surface area contributed by atoms with Gasteiger partial charge in [-0.1, -0.05) is 18.2 Å². The second kappa shape index (κ2) is 9.51. The Labute approximate surface area is 160 Å². The molecule has 0 radical (unpaired) electrons. The molecule has 1 aromatic heterocycles. The minimum absolute atomic E-state index is 0.280. The quantitative estimate of drug-likeness (QED) is 0.724. The Bertz CT molecular complexity index is 668. The van der Waals surface area contributed by atoms with Gasteiger partial charge in [-0.05, 0) is 55.3 Å². The number of aryl methyl sites for hydroxylation is 2. The van der Waals surface area contributed by atoms with Gasteiger partial charge in [0, 0.05) is 31.1 Å². The maximum atomic E-state index is 10.5. The second-order valence-corrected chi connectivity index (χ2v) is 8.17. The van der Waals surface area contributed by atoms with Gasteiger partial charge < -0.3 is 14.6 Å². The van der Waals surface area contributed by atoms with Crippen LogP contribution in [0.5, 0.6) is 5.75 Å². The van der Waals surface area contributed by atoms with E-state index in [9.17, 15) is 5.11 Å². The van der Waals surface area contributed by atoms with E-state index in [4.69, 9.17) is 9.47 Å². The number of aliphatic hydroxyl groups excluding tert-OH is 1. The molecule has 1 saturated heterocycles.